The molecule has 15 heavy (non-hydrogen) atoms. The number of rotatable bonds is 3. The number of phenolic OH excluding ortho intramolecular Hbond substituents is 1. The largest absolute Gasteiger partial charge is 0.507 e. The number of carbonyl (C=O) groups is 2. The summed E-state index contributed by atoms with van der Waals surface area (Å²) in [5.41, 5.74) is 0.828. The van der Waals surface area contributed by atoms with Gasteiger partial charge in [0.15, 0.2) is 6.29 Å². The van der Waals surface area contributed by atoms with E-state index < -0.39 is 5.97 Å². The summed E-state index contributed by atoms with van der Waals surface area (Å²) in [6, 6.07) is 4.48. The molecule has 0 radical (unpaired) electrons. The minimum Gasteiger partial charge on any atom is -0.507 e. The smallest absolute Gasteiger partial charge is 0.330 e. The zero-order valence-electron chi connectivity index (χ0n) is 8.14. The van der Waals surface area contributed by atoms with E-state index in [1.807, 2.05) is 0 Å². The molecule has 1 aromatic rings. The van der Waals surface area contributed by atoms with Crippen LogP contribution in [0.3, 0.4) is 0 Å². The van der Waals surface area contributed by atoms with Crippen LogP contribution in [-0.2, 0) is 9.53 Å². The van der Waals surface area contributed by atoms with Crippen molar-refractivity contribution in [3.8, 4) is 5.75 Å². The van der Waals surface area contributed by atoms with Crippen LogP contribution < -0.4 is 0 Å². The molecule has 0 unspecified atom stereocenters. The van der Waals surface area contributed by atoms with E-state index in [0.29, 0.717) is 11.8 Å². The lowest BCUT2D eigenvalue weighted by molar-refractivity contribution is -0.134. The summed E-state index contributed by atoms with van der Waals surface area (Å²) in [5, 5.41) is 9.33. The van der Waals surface area contributed by atoms with Gasteiger partial charge in [0.1, 0.15) is 5.75 Å². The molecular weight excluding hydrogens is 196 g/mol. The molecule has 0 spiro atoms. The first kappa shape index (κ1) is 11.0. The van der Waals surface area contributed by atoms with Gasteiger partial charge in [0.2, 0.25) is 0 Å². The highest BCUT2D eigenvalue weighted by molar-refractivity contribution is 5.87. The summed E-state index contributed by atoms with van der Waals surface area (Å²) < 4.78 is 4.40. The number of hydrogen-bond acceptors (Lipinski definition) is 4. The molecule has 1 rings (SSSR count). The molecule has 0 saturated carbocycles. The first-order valence-electron chi connectivity index (χ1n) is 4.21. The second-order valence-corrected chi connectivity index (χ2v) is 2.79. The van der Waals surface area contributed by atoms with Gasteiger partial charge < -0.3 is 9.84 Å². The zero-order valence-corrected chi connectivity index (χ0v) is 8.14. The van der Waals surface area contributed by atoms with E-state index in [0.717, 1.165) is 0 Å². The molecule has 0 heterocycles. The molecule has 0 amide bonds. The van der Waals surface area contributed by atoms with Crippen LogP contribution in [0.15, 0.2) is 24.3 Å². The number of aldehydes is 1. The van der Waals surface area contributed by atoms with Gasteiger partial charge in [0.05, 0.1) is 12.7 Å². The van der Waals surface area contributed by atoms with E-state index in [1.165, 1.54) is 31.4 Å². The van der Waals surface area contributed by atoms with E-state index in [4.69, 9.17) is 0 Å². The van der Waals surface area contributed by atoms with Crippen LogP contribution in [-0.4, -0.2) is 24.5 Å². The van der Waals surface area contributed by atoms with Crippen molar-refractivity contribution in [2.24, 2.45) is 0 Å². The lowest BCUT2D eigenvalue weighted by atomic mass is 10.1. The second kappa shape index (κ2) is 4.95. The number of aromatic hydroxyl groups is 1. The maximum absolute atomic E-state index is 10.8. The third kappa shape index (κ3) is 2.95. The minimum absolute atomic E-state index is 0.114. The molecule has 0 aliphatic carbocycles. The Hall–Kier alpha value is -2.10. The van der Waals surface area contributed by atoms with Gasteiger partial charge in [-0.3, -0.25) is 4.79 Å². The molecule has 0 saturated heterocycles. The number of carbonyl (C=O) groups excluding carboxylic acids is 2. The zero-order chi connectivity index (χ0) is 11.3. The lowest BCUT2D eigenvalue weighted by Gasteiger charge is -1.98. The van der Waals surface area contributed by atoms with Crippen molar-refractivity contribution in [3.05, 3.63) is 35.4 Å². The summed E-state index contributed by atoms with van der Waals surface area (Å²) in [7, 11) is 1.28. The standard InChI is InChI=1S/C11H10O4/c1-15-11(14)5-3-8-2-4-9(7-12)10(13)6-8/h2-7,13H,1H3. The van der Waals surface area contributed by atoms with Gasteiger partial charge >= 0.3 is 5.97 Å². The fourth-order valence-corrected chi connectivity index (χ4v) is 0.996. The number of benzene rings is 1. The van der Waals surface area contributed by atoms with Gasteiger partial charge in [-0.15, -0.1) is 0 Å². The Morgan fingerprint density at radius 2 is 2.20 bits per heavy atom. The van der Waals surface area contributed by atoms with Gasteiger partial charge in [-0.25, -0.2) is 4.79 Å². The average Bonchev–Trinajstić information content (AvgIpc) is 2.26. The molecular formula is C11H10O4. The highest BCUT2D eigenvalue weighted by Gasteiger charge is 1.99. The van der Waals surface area contributed by atoms with Crippen LogP contribution in [0.5, 0.6) is 5.75 Å². The quantitative estimate of drug-likeness (QED) is 0.461. The van der Waals surface area contributed by atoms with Crippen molar-refractivity contribution in [2.75, 3.05) is 7.11 Å². The Morgan fingerprint density at radius 3 is 2.73 bits per heavy atom. The molecule has 0 aromatic heterocycles. The Bertz CT molecular complexity index is 407. The molecule has 4 heteroatoms. The summed E-state index contributed by atoms with van der Waals surface area (Å²) in [5.74, 6) is -0.592. The van der Waals surface area contributed by atoms with Crippen molar-refractivity contribution >= 4 is 18.3 Å². The van der Waals surface area contributed by atoms with E-state index in [1.54, 1.807) is 6.07 Å². The van der Waals surface area contributed by atoms with Gasteiger partial charge in [-0.2, -0.15) is 0 Å². The van der Waals surface area contributed by atoms with Crippen LogP contribution in [0.4, 0.5) is 0 Å². The van der Waals surface area contributed by atoms with E-state index >= 15 is 0 Å². The second-order valence-electron chi connectivity index (χ2n) is 2.79. The van der Waals surface area contributed by atoms with E-state index in [9.17, 15) is 14.7 Å². The van der Waals surface area contributed by atoms with Crippen LogP contribution in [0.25, 0.3) is 6.08 Å². The molecule has 0 aliphatic heterocycles. The third-order valence-corrected chi connectivity index (χ3v) is 1.79. The highest BCUT2D eigenvalue weighted by Crippen LogP contribution is 2.17. The third-order valence-electron chi connectivity index (χ3n) is 1.79. The topological polar surface area (TPSA) is 63.6 Å². The SMILES string of the molecule is COC(=O)C=Cc1ccc(C=O)c(O)c1. The summed E-state index contributed by atoms with van der Waals surface area (Å²) in [6.07, 6.45) is 3.28. The number of ether oxygens (including phenoxy) is 1. The number of methoxy groups -OCH3 is 1. The van der Waals surface area contributed by atoms with Crippen molar-refractivity contribution in [2.45, 2.75) is 0 Å². The Morgan fingerprint density at radius 1 is 1.47 bits per heavy atom. The summed E-state index contributed by atoms with van der Waals surface area (Å²) >= 11 is 0. The van der Waals surface area contributed by atoms with Crippen molar-refractivity contribution < 1.29 is 19.4 Å². The number of phenols is 1. The molecule has 0 bridgehead atoms. The maximum atomic E-state index is 10.8. The van der Waals surface area contributed by atoms with Crippen LogP contribution >= 0.6 is 0 Å². The summed E-state index contributed by atoms with van der Waals surface area (Å²) in [6.45, 7) is 0. The fraction of sp³-hybridized carbons (Fsp3) is 0.0909. The van der Waals surface area contributed by atoms with Gasteiger partial charge in [-0.1, -0.05) is 6.07 Å². The molecule has 0 aliphatic rings. The fourth-order valence-electron chi connectivity index (χ4n) is 0.996. The minimum atomic E-state index is -0.478. The van der Waals surface area contributed by atoms with Crippen molar-refractivity contribution in [3.63, 3.8) is 0 Å². The average molecular weight is 206 g/mol. The predicted octanol–water partition coefficient (Wildman–Crippen LogP) is 1.39. The normalized spacial score (nSPS) is 10.2. The van der Waals surface area contributed by atoms with E-state index in [2.05, 4.69) is 4.74 Å². The van der Waals surface area contributed by atoms with Gasteiger partial charge in [-0.05, 0) is 23.8 Å². The number of hydrogen-bond donors (Lipinski definition) is 1. The monoisotopic (exact) mass is 206 g/mol. The van der Waals surface area contributed by atoms with Crippen LogP contribution in [0, 0.1) is 0 Å². The molecule has 1 N–H and O–H groups in total. The number of esters is 1. The molecule has 1 aromatic carbocycles. The van der Waals surface area contributed by atoms with Crippen molar-refractivity contribution in [1.82, 2.24) is 0 Å². The van der Waals surface area contributed by atoms with Crippen LogP contribution in [0.1, 0.15) is 15.9 Å². The van der Waals surface area contributed by atoms with E-state index in [-0.39, 0.29) is 11.3 Å². The Kier molecular flexibility index (Phi) is 3.62. The Balaban J connectivity index is 2.88. The molecule has 4 nitrogen and oxygen atoms in total. The molecule has 0 atom stereocenters. The molecule has 78 valence electrons. The van der Waals surface area contributed by atoms with Crippen LogP contribution in [0.2, 0.25) is 0 Å². The highest BCUT2D eigenvalue weighted by atomic mass is 16.5. The first-order chi connectivity index (χ1) is 7.17. The predicted molar refractivity (Wildman–Crippen MR) is 54.5 cm³/mol. The molecule has 0 fully saturated rings. The lowest BCUT2D eigenvalue weighted by Crippen LogP contribution is -1.93. The van der Waals surface area contributed by atoms with Gasteiger partial charge in [0.25, 0.3) is 0 Å². The summed E-state index contributed by atoms with van der Waals surface area (Å²) in [4.78, 5) is 21.2. The Labute approximate surface area is 86.8 Å². The van der Waals surface area contributed by atoms with Crippen molar-refractivity contribution in [1.29, 1.82) is 0 Å². The van der Waals surface area contributed by atoms with Gasteiger partial charge in [0, 0.05) is 6.08 Å². The first-order valence-corrected chi connectivity index (χ1v) is 4.21. The maximum Gasteiger partial charge on any atom is 0.330 e.